The molecule has 1 saturated carbocycles. The van der Waals surface area contributed by atoms with Crippen LogP contribution in [0.5, 0.6) is 5.88 Å². The Balaban J connectivity index is 2.05. The number of carbonyl (C=O) groups excluding carboxylic acids is 1. The molecule has 6 nitrogen and oxygen atoms in total. The van der Waals surface area contributed by atoms with Crippen molar-refractivity contribution in [2.75, 3.05) is 7.11 Å². The molecule has 0 saturated heterocycles. The smallest absolute Gasteiger partial charge is 0.268 e. The molecule has 3 aromatic rings. The lowest BCUT2D eigenvalue weighted by atomic mass is 10.1. The fraction of sp³-hybridized carbons (Fsp3) is 0.263. The quantitative estimate of drug-likeness (QED) is 0.644. The Morgan fingerprint density at radius 1 is 1.23 bits per heavy atom. The molecule has 0 radical (unpaired) electrons. The first-order chi connectivity index (χ1) is 12.5. The topological polar surface area (TPSA) is 78.3 Å². The predicted molar refractivity (Wildman–Crippen MR) is 97.4 cm³/mol. The number of ether oxygens (including phenoxy) is 1. The van der Waals surface area contributed by atoms with Crippen LogP contribution in [0.4, 0.5) is 0 Å². The third kappa shape index (κ3) is 2.50. The molecule has 1 aliphatic carbocycles. The number of benzene rings is 1. The van der Waals surface area contributed by atoms with Crippen LogP contribution in [0.15, 0.2) is 41.6 Å². The van der Waals surface area contributed by atoms with Crippen LogP contribution >= 0.6 is 0 Å². The Hall–Kier alpha value is -2.67. The van der Waals surface area contributed by atoms with Gasteiger partial charge in [-0.1, -0.05) is 17.7 Å². The van der Waals surface area contributed by atoms with Crippen LogP contribution in [0.25, 0.3) is 10.9 Å². The summed E-state index contributed by atoms with van der Waals surface area (Å²) in [5.41, 5.74) is 2.52. The molecule has 0 atom stereocenters. The first kappa shape index (κ1) is 16.8. The number of hydrogen-bond acceptors (Lipinski definition) is 5. The van der Waals surface area contributed by atoms with Gasteiger partial charge in [0, 0.05) is 23.3 Å². The molecular weight excluding hydrogens is 352 g/mol. The van der Waals surface area contributed by atoms with Gasteiger partial charge in [0.1, 0.15) is 5.52 Å². The van der Waals surface area contributed by atoms with E-state index >= 15 is 0 Å². The van der Waals surface area contributed by atoms with E-state index in [9.17, 15) is 13.2 Å². The average Bonchev–Trinajstić information content (AvgIpc) is 3.40. The molecule has 0 amide bonds. The number of fused-ring (bicyclic) bond motifs is 1. The fourth-order valence-corrected chi connectivity index (χ4v) is 4.59. The van der Waals surface area contributed by atoms with Gasteiger partial charge in [0.25, 0.3) is 10.0 Å². The van der Waals surface area contributed by atoms with Gasteiger partial charge < -0.3 is 4.74 Å². The highest BCUT2D eigenvalue weighted by atomic mass is 32.2. The zero-order valence-electron chi connectivity index (χ0n) is 14.5. The number of hydrogen-bond donors (Lipinski definition) is 0. The van der Waals surface area contributed by atoms with Gasteiger partial charge in [-0.15, -0.1) is 0 Å². The van der Waals surface area contributed by atoms with Crippen LogP contribution in [0, 0.1) is 6.92 Å². The highest BCUT2D eigenvalue weighted by Crippen LogP contribution is 2.45. The van der Waals surface area contributed by atoms with Crippen LogP contribution in [0.3, 0.4) is 0 Å². The van der Waals surface area contributed by atoms with Gasteiger partial charge in [-0.05, 0) is 43.4 Å². The lowest BCUT2D eigenvalue weighted by Gasteiger charge is -2.11. The Kier molecular flexibility index (Phi) is 3.84. The normalized spacial score (nSPS) is 14.5. The van der Waals surface area contributed by atoms with E-state index in [0.29, 0.717) is 28.7 Å². The minimum atomic E-state index is -3.89. The van der Waals surface area contributed by atoms with Crippen LogP contribution < -0.4 is 4.74 Å². The molecule has 2 heterocycles. The van der Waals surface area contributed by atoms with E-state index in [4.69, 9.17) is 4.74 Å². The minimum absolute atomic E-state index is 0.149. The van der Waals surface area contributed by atoms with Gasteiger partial charge in [0.2, 0.25) is 5.88 Å². The number of carbonyl (C=O) groups is 1. The third-order valence-corrected chi connectivity index (χ3v) is 6.40. The summed E-state index contributed by atoms with van der Waals surface area (Å²) in [6.45, 7) is 1.89. The highest BCUT2D eigenvalue weighted by molar-refractivity contribution is 7.90. The van der Waals surface area contributed by atoms with E-state index in [1.54, 1.807) is 30.5 Å². The van der Waals surface area contributed by atoms with Gasteiger partial charge in [-0.3, -0.25) is 4.79 Å². The molecule has 134 valence electrons. The summed E-state index contributed by atoms with van der Waals surface area (Å²) >= 11 is 0. The lowest BCUT2D eigenvalue weighted by molar-refractivity contribution is 0.112. The van der Waals surface area contributed by atoms with E-state index in [1.165, 1.54) is 13.3 Å². The van der Waals surface area contributed by atoms with Gasteiger partial charge in [-0.2, -0.15) is 0 Å². The molecule has 7 heteroatoms. The Morgan fingerprint density at radius 2 is 1.92 bits per heavy atom. The number of pyridine rings is 1. The maximum atomic E-state index is 13.2. The average molecular weight is 370 g/mol. The largest absolute Gasteiger partial charge is 0.479 e. The molecule has 0 bridgehead atoms. The maximum Gasteiger partial charge on any atom is 0.268 e. The SMILES string of the molecule is COc1ncc(C2CC2)c2c(C=O)cn(S(=O)(=O)c3ccc(C)cc3)c12. The van der Waals surface area contributed by atoms with Gasteiger partial charge in [0.05, 0.1) is 12.0 Å². The summed E-state index contributed by atoms with van der Waals surface area (Å²) in [5.74, 6) is 0.501. The van der Waals surface area contributed by atoms with Crippen molar-refractivity contribution < 1.29 is 17.9 Å². The van der Waals surface area contributed by atoms with Gasteiger partial charge >= 0.3 is 0 Å². The summed E-state index contributed by atoms with van der Waals surface area (Å²) in [6.07, 6.45) is 5.76. The number of aryl methyl sites for hydroxylation is 1. The first-order valence-corrected chi connectivity index (χ1v) is 9.76. The van der Waals surface area contributed by atoms with Gasteiger partial charge in [-0.25, -0.2) is 17.4 Å². The van der Waals surface area contributed by atoms with Crippen LogP contribution in [-0.4, -0.2) is 30.8 Å². The summed E-state index contributed by atoms with van der Waals surface area (Å²) < 4.78 is 32.9. The molecule has 2 aromatic heterocycles. The van der Waals surface area contributed by atoms with Crippen LogP contribution in [-0.2, 0) is 10.0 Å². The minimum Gasteiger partial charge on any atom is -0.479 e. The Labute approximate surface area is 151 Å². The monoisotopic (exact) mass is 370 g/mol. The van der Waals surface area contributed by atoms with Crippen molar-refractivity contribution >= 4 is 27.2 Å². The predicted octanol–water partition coefficient (Wildman–Crippen LogP) is 3.28. The zero-order valence-corrected chi connectivity index (χ0v) is 15.3. The van der Waals surface area contributed by atoms with Crippen LogP contribution in [0.2, 0.25) is 0 Å². The summed E-state index contributed by atoms with van der Waals surface area (Å²) in [5, 5.41) is 0.616. The van der Waals surface area contributed by atoms with Crippen molar-refractivity contribution in [3.05, 3.63) is 53.3 Å². The third-order valence-electron chi connectivity index (χ3n) is 4.73. The standard InChI is InChI=1S/C19H18N2O4S/c1-12-3-7-15(8-4-12)26(23,24)21-10-14(11-22)17-16(13-5-6-13)9-20-19(25-2)18(17)21/h3-4,7-11,13H,5-6H2,1-2H3. The molecule has 0 aliphatic heterocycles. The number of methoxy groups -OCH3 is 1. The molecule has 0 spiro atoms. The highest BCUT2D eigenvalue weighted by Gasteiger charge is 2.31. The fourth-order valence-electron chi connectivity index (χ4n) is 3.22. The second-order valence-electron chi connectivity index (χ2n) is 6.54. The number of aldehydes is 1. The van der Waals surface area contributed by atoms with Crippen molar-refractivity contribution in [2.24, 2.45) is 0 Å². The molecule has 26 heavy (non-hydrogen) atoms. The summed E-state index contributed by atoms with van der Waals surface area (Å²) in [7, 11) is -2.45. The molecule has 0 N–H and O–H groups in total. The van der Waals surface area contributed by atoms with Crippen molar-refractivity contribution in [3.63, 3.8) is 0 Å². The molecule has 4 rings (SSSR count). The van der Waals surface area contributed by atoms with E-state index in [1.807, 2.05) is 6.92 Å². The summed E-state index contributed by atoms with van der Waals surface area (Å²) in [4.78, 5) is 16.1. The molecule has 0 unspecified atom stereocenters. The molecular formula is C19H18N2O4S. The summed E-state index contributed by atoms with van der Waals surface area (Å²) in [6, 6.07) is 6.60. The second kappa shape index (κ2) is 5.95. The van der Waals surface area contributed by atoms with Crippen LogP contribution in [0.1, 0.15) is 40.2 Å². The molecule has 1 aromatic carbocycles. The second-order valence-corrected chi connectivity index (χ2v) is 8.35. The number of nitrogens with zero attached hydrogens (tertiary/aromatic N) is 2. The Bertz CT molecular complexity index is 1110. The zero-order chi connectivity index (χ0) is 18.5. The van der Waals surface area contributed by atoms with Crippen molar-refractivity contribution in [1.29, 1.82) is 0 Å². The van der Waals surface area contributed by atoms with Crippen molar-refractivity contribution in [2.45, 2.75) is 30.6 Å². The van der Waals surface area contributed by atoms with E-state index in [0.717, 1.165) is 27.9 Å². The molecule has 1 aliphatic rings. The van der Waals surface area contributed by atoms with E-state index in [2.05, 4.69) is 4.98 Å². The maximum absolute atomic E-state index is 13.2. The van der Waals surface area contributed by atoms with E-state index < -0.39 is 10.0 Å². The Morgan fingerprint density at radius 3 is 2.50 bits per heavy atom. The molecule has 1 fully saturated rings. The van der Waals surface area contributed by atoms with Crippen molar-refractivity contribution in [3.8, 4) is 5.88 Å². The van der Waals surface area contributed by atoms with E-state index in [-0.39, 0.29) is 10.8 Å². The van der Waals surface area contributed by atoms with Crippen molar-refractivity contribution in [1.82, 2.24) is 8.96 Å². The number of aromatic nitrogens is 2. The number of rotatable bonds is 5. The van der Waals surface area contributed by atoms with Gasteiger partial charge in [0.15, 0.2) is 6.29 Å². The first-order valence-electron chi connectivity index (χ1n) is 8.32. The lowest BCUT2D eigenvalue weighted by Crippen LogP contribution is -2.12.